The highest BCUT2D eigenvalue weighted by Gasteiger charge is 2.77. The van der Waals surface area contributed by atoms with Crippen LogP contribution in [-0.4, -0.2) is 62.4 Å². The van der Waals surface area contributed by atoms with Crippen LogP contribution in [0.25, 0.3) is 0 Å². The highest BCUT2D eigenvalue weighted by atomic mass is 35.5. The number of alkyl halides is 2. The molecule has 4 aliphatic rings. The Morgan fingerprint density at radius 3 is 2.08 bits per heavy atom. The van der Waals surface area contributed by atoms with Gasteiger partial charge >= 0.3 is 11.4 Å². The van der Waals surface area contributed by atoms with Crippen molar-refractivity contribution in [1.29, 1.82) is 0 Å². The maximum atomic E-state index is 14.7. The van der Waals surface area contributed by atoms with Gasteiger partial charge in [-0.3, -0.25) is 39.4 Å². The minimum absolute atomic E-state index is 0.0408. The summed E-state index contributed by atoms with van der Waals surface area (Å²) in [6, 6.07) is 19.9. The molecule has 3 fully saturated rings. The molecule has 4 aromatic rings. The lowest BCUT2D eigenvalue weighted by Gasteiger charge is -2.50. The Morgan fingerprint density at radius 2 is 1.49 bits per heavy atom. The molecule has 302 valence electrons. The Bertz CT molecular complexity index is 2500. The molecule has 1 saturated carbocycles. The third kappa shape index (κ3) is 5.91. The average molecular weight is 845 g/mol. The fourth-order valence-corrected chi connectivity index (χ4v) is 9.98. The minimum atomic E-state index is -2.35. The van der Waals surface area contributed by atoms with Crippen molar-refractivity contribution in [2.24, 2.45) is 17.8 Å². The lowest BCUT2D eigenvalue weighted by atomic mass is 9.56. The number of allylic oxidation sites excluding steroid dienone is 2. The Kier molecular flexibility index (Phi) is 9.47. The molecule has 1 N–H and O–H groups in total. The van der Waals surface area contributed by atoms with Gasteiger partial charge in [0.2, 0.25) is 11.8 Å². The molecule has 0 spiro atoms. The van der Waals surface area contributed by atoms with E-state index in [2.05, 4.69) is 0 Å². The molecule has 6 unspecified atom stereocenters. The van der Waals surface area contributed by atoms with Crippen LogP contribution < -0.4 is 19.4 Å². The Morgan fingerprint density at radius 1 is 0.847 bits per heavy atom. The summed E-state index contributed by atoms with van der Waals surface area (Å²) in [6.07, 6.45) is 1.04. The summed E-state index contributed by atoms with van der Waals surface area (Å²) in [5.41, 5.74) is -1.03. The fourth-order valence-electron chi connectivity index (χ4n) is 9.05. The molecular formula is C41H32Cl2FN5O10. The number of amides is 4. The van der Waals surface area contributed by atoms with Crippen molar-refractivity contribution >= 4 is 75.3 Å². The van der Waals surface area contributed by atoms with E-state index >= 15 is 0 Å². The second-order valence-corrected chi connectivity index (χ2v) is 16.2. The van der Waals surface area contributed by atoms with Gasteiger partial charge in [-0.05, 0) is 54.7 Å². The molecule has 4 amide bonds. The third-order valence-electron chi connectivity index (χ3n) is 11.6. The van der Waals surface area contributed by atoms with Crippen molar-refractivity contribution < 1.29 is 43.3 Å². The van der Waals surface area contributed by atoms with Crippen LogP contribution in [0.15, 0.2) is 96.6 Å². The summed E-state index contributed by atoms with van der Waals surface area (Å²) in [4.78, 5) is 78.7. The standard InChI is InChI=1S/C41H32Cl2FN5O10/c1-45(2)35-30(48(55)56)16-24(17-31(35)49(57)58)46-36(51)28-15-14-26-29(33(28)37(46)52)19-40(42)38(53)47(23-10-8-22(44)9-11-23)39(54)41(40,43)34(26)27-13-12-25(18-32(27)50)59-20-21-6-4-3-5-7-21/h3-14,16-18,28-29,33-34,50H,15,19-20H2,1-2H3. The van der Waals surface area contributed by atoms with E-state index in [9.17, 15) is 48.9 Å². The number of imide groups is 2. The summed E-state index contributed by atoms with van der Waals surface area (Å²) in [6.45, 7) is 0.153. The van der Waals surface area contributed by atoms with Crippen LogP contribution >= 0.6 is 23.2 Å². The van der Waals surface area contributed by atoms with Crippen molar-refractivity contribution in [3.05, 3.63) is 134 Å². The summed E-state index contributed by atoms with van der Waals surface area (Å²) in [5.74, 6) is -9.32. The van der Waals surface area contributed by atoms with E-state index < -0.39 is 96.2 Å². The third-order valence-corrected chi connectivity index (χ3v) is 13.0. The predicted molar refractivity (Wildman–Crippen MR) is 212 cm³/mol. The van der Waals surface area contributed by atoms with Crippen molar-refractivity contribution in [3.63, 3.8) is 0 Å². The normalized spacial score (nSPS) is 25.9. The van der Waals surface area contributed by atoms with Crippen LogP contribution in [0, 0.1) is 43.8 Å². The molecule has 2 heterocycles. The Labute approximate surface area is 344 Å². The topological polar surface area (TPSA) is 194 Å². The molecule has 0 radical (unpaired) electrons. The number of carbonyl (C=O) groups is 4. The van der Waals surface area contributed by atoms with E-state index in [1.165, 1.54) is 49.3 Å². The molecule has 8 rings (SSSR count). The van der Waals surface area contributed by atoms with Gasteiger partial charge < -0.3 is 14.7 Å². The highest BCUT2D eigenvalue weighted by molar-refractivity contribution is 6.58. The van der Waals surface area contributed by atoms with Crippen LogP contribution in [0.1, 0.15) is 29.9 Å². The van der Waals surface area contributed by atoms with Gasteiger partial charge in [0.05, 0.1) is 33.1 Å². The molecule has 0 aromatic heterocycles. The monoisotopic (exact) mass is 843 g/mol. The first-order chi connectivity index (χ1) is 28.0. The number of fused-ring (bicyclic) bond motifs is 4. The number of ether oxygens (including phenoxy) is 1. The van der Waals surface area contributed by atoms with E-state index in [0.717, 1.165) is 34.7 Å². The largest absolute Gasteiger partial charge is 0.508 e. The van der Waals surface area contributed by atoms with Crippen molar-refractivity contribution in [2.75, 3.05) is 28.8 Å². The maximum Gasteiger partial charge on any atom is 0.301 e. The maximum absolute atomic E-state index is 14.7. The lowest BCUT2D eigenvalue weighted by molar-refractivity contribution is -0.392. The number of hydrogen-bond acceptors (Lipinski definition) is 11. The number of nitro groups is 2. The van der Waals surface area contributed by atoms with Gasteiger partial charge in [0.25, 0.3) is 11.8 Å². The van der Waals surface area contributed by atoms with Gasteiger partial charge in [-0.1, -0.05) is 48.0 Å². The number of aromatic hydroxyl groups is 1. The lowest BCUT2D eigenvalue weighted by Crippen LogP contribution is -2.60. The van der Waals surface area contributed by atoms with E-state index in [-0.39, 0.29) is 41.5 Å². The van der Waals surface area contributed by atoms with Crippen LogP contribution in [0.3, 0.4) is 0 Å². The Balaban J connectivity index is 1.25. The number of nitro benzene ring substituents is 2. The van der Waals surface area contributed by atoms with Crippen molar-refractivity contribution in [3.8, 4) is 11.5 Å². The summed E-state index contributed by atoms with van der Waals surface area (Å²) < 4.78 is 19.9. The van der Waals surface area contributed by atoms with Crippen LogP contribution in [-0.2, 0) is 25.8 Å². The fraction of sp³-hybridized carbons (Fsp3) is 0.268. The highest BCUT2D eigenvalue weighted by Crippen LogP contribution is 2.66. The molecule has 2 saturated heterocycles. The molecule has 2 aliphatic heterocycles. The minimum Gasteiger partial charge on any atom is -0.508 e. The van der Waals surface area contributed by atoms with Crippen molar-refractivity contribution in [2.45, 2.75) is 35.1 Å². The van der Waals surface area contributed by atoms with Crippen LogP contribution in [0.4, 0.5) is 32.8 Å². The number of anilines is 3. The molecule has 2 aliphatic carbocycles. The summed E-state index contributed by atoms with van der Waals surface area (Å²) in [7, 11) is 2.74. The number of benzene rings is 4. The molecule has 15 nitrogen and oxygen atoms in total. The van der Waals surface area contributed by atoms with Gasteiger partial charge in [-0.2, -0.15) is 0 Å². The molecule has 18 heteroatoms. The first kappa shape index (κ1) is 39.4. The van der Waals surface area contributed by atoms with Gasteiger partial charge in [0.15, 0.2) is 15.4 Å². The molecule has 59 heavy (non-hydrogen) atoms. The van der Waals surface area contributed by atoms with Gasteiger partial charge in [0, 0.05) is 43.8 Å². The van der Waals surface area contributed by atoms with E-state index in [1.54, 1.807) is 6.08 Å². The number of phenols is 1. The first-order valence-corrected chi connectivity index (χ1v) is 19.0. The van der Waals surface area contributed by atoms with Crippen molar-refractivity contribution in [1.82, 2.24) is 0 Å². The molecular weight excluding hydrogens is 812 g/mol. The zero-order valence-corrected chi connectivity index (χ0v) is 32.6. The number of carbonyl (C=O) groups excluding carboxylic acids is 4. The van der Waals surface area contributed by atoms with Gasteiger partial charge in [0.1, 0.15) is 23.9 Å². The predicted octanol–water partition coefficient (Wildman–Crippen LogP) is 6.76. The van der Waals surface area contributed by atoms with Gasteiger partial charge in [-0.15, -0.1) is 23.2 Å². The molecule has 4 aromatic carbocycles. The number of rotatable bonds is 9. The van der Waals surface area contributed by atoms with Gasteiger partial charge in [-0.25, -0.2) is 14.2 Å². The van der Waals surface area contributed by atoms with Crippen LogP contribution in [0.5, 0.6) is 11.5 Å². The number of hydrogen-bond donors (Lipinski definition) is 1. The Hall–Kier alpha value is -6.39. The molecule has 0 bridgehead atoms. The first-order valence-electron chi connectivity index (χ1n) is 18.2. The van der Waals surface area contributed by atoms with E-state index in [0.29, 0.717) is 10.5 Å². The zero-order chi connectivity index (χ0) is 42.3. The zero-order valence-electron chi connectivity index (χ0n) is 31.1. The number of phenolic OH excluding ortho intramolecular Hbond substituents is 1. The number of nitrogens with zero attached hydrogens (tertiary/aromatic N) is 5. The van der Waals surface area contributed by atoms with E-state index in [4.69, 9.17) is 27.9 Å². The smallest absolute Gasteiger partial charge is 0.301 e. The number of halogens is 3. The molecule has 6 atom stereocenters. The quantitative estimate of drug-likeness (QED) is 0.0615. The SMILES string of the molecule is CN(C)c1c([N+](=O)[O-])cc(N2C(=O)C3CC=C4C(CC5(Cl)C(=O)N(c6ccc(F)cc6)C(=O)C5(Cl)C4c4ccc(OCc5ccccc5)cc4O)C3C2=O)cc1[N+](=O)[O-]. The second kappa shape index (κ2) is 14.2. The summed E-state index contributed by atoms with van der Waals surface area (Å²) in [5, 5.41) is 36.1. The summed E-state index contributed by atoms with van der Waals surface area (Å²) >= 11 is 14.9. The van der Waals surface area contributed by atoms with E-state index in [1.807, 2.05) is 30.3 Å². The second-order valence-electron chi connectivity index (χ2n) is 15.0. The average Bonchev–Trinajstić information content (AvgIpc) is 3.54. The van der Waals surface area contributed by atoms with Crippen LogP contribution in [0.2, 0.25) is 0 Å².